The van der Waals surface area contributed by atoms with Crippen molar-refractivity contribution in [2.45, 2.75) is 26.8 Å². The lowest BCUT2D eigenvalue weighted by atomic mass is 10.3. The topological polar surface area (TPSA) is 18.0 Å². The van der Waals surface area contributed by atoms with Gasteiger partial charge >= 0.3 is 0 Å². The zero-order chi connectivity index (χ0) is 15.4. The molecule has 0 N–H and O–H groups in total. The summed E-state index contributed by atoms with van der Waals surface area (Å²) in [6, 6.07) is 18.0. The van der Waals surface area contributed by atoms with Gasteiger partial charge in [-0.05, 0) is 42.8 Å². The average molecular weight is 374 g/mol. The molecule has 0 aliphatic rings. The molecule has 0 aliphatic heterocycles. The number of imidazole rings is 1. The van der Waals surface area contributed by atoms with Gasteiger partial charge in [0, 0.05) is 6.92 Å². The summed E-state index contributed by atoms with van der Waals surface area (Å²) in [7, 11) is 0. The molecule has 2 aromatic carbocycles. The fourth-order valence-electron chi connectivity index (χ4n) is 2.55. The highest BCUT2D eigenvalue weighted by Crippen LogP contribution is 2.22. The zero-order valence-corrected chi connectivity index (χ0v) is 15.2. The molecule has 3 aromatic rings. The SMILES string of the molecule is Br.CCC[n+]1ccn(-c2ccc(Oc3ccccc3)cc2)c1C. The molecule has 3 nitrogen and oxygen atoms in total. The standard InChI is InChI=1S/C19H21N2O.BrH/c1-3-13-20-14-15-21(16(20)2)17-9-11-19(12-10-17)22-18-7-5-4-6-8-18;/h4-12,14-15H,3,13H2,1-2H3;1H/q+1;. The number of hydrogen-bond acceptors (Lipinski definition) is 1. The Morgan fingerprint density at radius 1 is 0.957 bits per heavy atom. The van der Waals surface area contributed by atoms with Crippen molar-refractivity contribution in [3.8, 4) is 17.2 Å². The van der Waals surface area contributed by atoms with Gasteiger partial charge in [0.15, 0.2) is 0 Å². The zero-order valence-electron chi connectivity index (χ0n) is 13.5. The van der Waals surface area contributed by atoms with Gasteiger partial charge in [-0.25, -0.2) is 9.13 Å². The van der Waals surface area contributed by atoms with Gasteiger partial charge in [-0.2, -0.15) is 0 Å². The van der Waals surface area contributed by atoms with Crippen molar-refractivity contribution in [3.05, 3.63) is 72.8 Å². The predicted octanol–water partition coefficient (Wildman–Crippen LogP) is 4.85. The first-order valence-electron chi connectivity index (χ1n) is 7.68. The molecule has 0 fully saturated rings. The van der Waals surface area contributed by atoms with Crippen LogP contribution < -0.4 is 9.30 Å². The van der Waals surface area contributed by atoms with Crippen molar-refractivity contribution < 1.29 is 9.30 Å². The Morgan fingerprint density at radius 3 is 2.26 bits per heavy atom. The Balaban J connectivity index is 0.00000192. The minimum Gasteiger partial charge on any atom is -0.457 e. The summed E-state index contributed by atoms with van der Waals surface area (Å²) in [5.41, 5.74) is 1.15. The van der Waals surface area contributed by atoms with Gasteiger partial charge in [-0.3, -0.25) is 0 Å². The van der Waals surface area contributed by atoms with Crippen molar-refractivity contribution in [2.75, 3.05) is 0 Å². The molecule has 1 heterocycles. The molecule has 0 atom stereocenters. The highest BCUT2D eigenvalue weighted by molar-refractivity contribution is 8.93. The maximum atomic E-state index is 5.83. The number of hydrogen-bond donors (Lipinski definition) is 0. The molecule has 0 unspecified atom stereocenters. The predicted molar refractivity (Wildman–Crippen MR) is 97.8 cm³/mol. The molecular weight excluding hydrogens is 352 g/mol. The van der Waals surface area contributed by atoms with Crippen LogP contribution in [0, 0.1) is 6.92 Å². The van der Waals surface area contributed by atoms with Crippen LogP contribution in [0.3, 0.4) is 0 Å². The van der Waals surface area contributed by atoms with E-state index in [1.54, 1.807) is 0 Å². The molecule has 0 radical (unpaired) electrons. The monoisotopic (exact) mass is 373 g/mol. The van der Waals surface area contributed by atoms with Crippen molar-refractivity contribution in [3.63, 3.8) is 0 Å². The quantitative estimate of drug-likeness (QED) is 0.584. The number of nitrogens with zero attached hydrogens (tertiary/aromatic N) is 2. The summed E-state index contributed by atoms with van der Waals surface area (Å²) in [6.45, 7) is 5.39. The second-order valence-corrected chi connectivity index (χ2v) is 5.32. The normalized spacial score (nSPS) is 10.2. The fraction of sp³-hybridized carbons (Fsp3) is 0.211. The van der Waals surface area contributed by atoms with E-state index in [1.165, 1.54) is 5.82 Å². The lowest BCUT2D eigenvalue weighted by Crippen LogP contribution is -2.34. The molecule has 3 rings (SSSR count). The largest absolute Gasteiger partial charge is 0.457 e. The van der Waals surface area contributed by atoms with Gasteiger partial charge in [0.1, 0.15) is 29.6 Å². The van der Waals surface area contributed by atoms with Crippen LogP contribution in [-0.4, -0.2) is 4.57 Å². The van der Waals surface area contributed by atoms with Gasteiger partial charge in [0.2, 0.25) is 0 Å². The number of halogens is 1. The first kappa shape index (κ1) is 17.3. The van der Waals surface area contributed by atoms with E-state index in [1.807, 2.05) is 42.5 Å². The van der Waals surface area contributed by atoms with E-state index >= 15 is 0 Å². The maximum absolute atomic E-state index is 5.83. The van der Waals surface area contributed by atoms with Crippen LogP contribution in [0.4, 0.5) is 0 Å². The van der Waals surface area contributed by atoms with Crippen molar-refractivity contribution >= 4 is 17.0 Å². The van der Waals surface area contributed by atoms with Crippen LogP contribution in [0.1, 0.15) is 19.2 Å². The first-order chi connectivity index (χ1) is 10.8. The third-order valence-corrected chi connectivity index (χ3v) is 3.72. The van der Waals surface area contributed by atoms with E-state index in [0.29, 0.717) is 0 Å². The molecule has 0 saturated carbocycles. The van der Waals surface area contributed by atoms with Gasteiger partial charge in [0.05, 0.1) is 6.54 Å². The molecule has 0 aliphatic carbocycles. The van der Waals surface area contributed by atoms with E-state index in [2.05, 4.69) is 47.5 Å². The second kappa shape index (κ2) is 7.97. The lowest BCUT2D eigenvalue weighted by Gasteiger charge is -2.06. The number of para-hydroxylation sites is 1. The van der Waals surface area contributed by atoms with E-state index < -0.39 is 0 Å². The maximum Gasteiger partial charge on any atom is 0.258 e. The third-order valence-electron chi connectivity index (χ3n) is 3.72. The van der Waals surface area contributed by atoms with E-state index in [0.717, 1.165) is 30.2 Å². The highest BCUT2D eigenvalue weighted by atomic mass is 79.9. The highest BCUT2D eigenvalue weighted by Gasteiger charge is 2.13. The molecule has 4 heteroatoms. The summed E-state index contributed by atoms with van der Waals surface area (Å²) >= 11 is 0. The number of rotatable bonds is 5. The van der Waals surface area contributed by atoms with Gasteiger partial charge in [0.25, 0.3) is 5.82 Å². The Bertz CT molecular complexity index is 736. The molecule has 1 aromatic heterocycles. The molecule has 120 valence electrons. The molecule has 0 bridgehead atoms. The Labute approximate surface area is 147 Å². The summed E-state index contributed by atoms with van der Waals surface area (Å²) in [4.78, 5) is 0. The van der Waals surface area contributed by atoms with Crippen LogP contribution in [-0.2, 0) is 6.54 Å². The fourth-order valence-corrected chi connectivity index (χ4v) is 2.55. The lowest BCUT2D eigenvalue weighted by molar-refractivity contribution is -0.702. The molecule has 0 saturated heterocycles. The van der Waals surface area contributed by atoms with Crippen molar-refractivity contribution in [2.24, 2.45) is 0 Å². The Morgan fingerprint density at radius 2 is 1.61 bits per heavy atom. The minimum absolute atomic E-state index is 0. The summed E-state index contributed by atoms with van der Waals surface area (Å²) in [5.74, 6) is 2.94. The van der Waals surface area contributed by atoms with E-state index in [-0.39, 0.29) is 17.0 Å². The van der Waals surface area contributed by atoms with Crippen molar-refractivity contribution in [1.82, 2.24) is 4.57 Å². The summed E-state index contributed by atoms with van der Waals surface area (Å²) in [6.07, 6.45) is 5.38. The van der Waals surface area contributed by atoms with Crippen LogP contribution in [0.5, 0.6) is 11.5 Å². The minimum atomic E-state index is 0. The smallest absolute Gasteiger partial charge is 0.258 e. The van der Waals surface area contributed by atoms with Crippen LogP contribution in [0.25, 0.3) is 5.69 Å². The summed E-state index contributed by atoms with van der Waals surface area (Å²) < 4.78 is 10.3. The Hall–Kier alpha value is -2.07. The third kappa shape index (κ3) is 4.02. The van der Waals surface area contributed by atoms with Crippen molar-refractivity contribution in [1.29, 1.82) is 0 Å². The number of aromatic nitrogens is 2. The average Bonchev–Trinajstić information content (AvgIpc) is 2.91. The second-order valence-electron chi connectivity index (χ2n) is 5.32. The van der Waals surface area contributed by atoms with Crippen LogP contribution in [0.15, 0.2) is 67.0 Å². The Kier molecular flexibility index (Phi) is 5.99. The van der Waals surface area contributed by atoms with E-state index in [4.69, 9.17) is 4.74 Å². The number of aryl methyl sites for hydroxylation is 1. The van der Waals surface area contributed by atoms with E-state index in [9.17, 15) is 0 Å². The number of benzene rings is 2. The van der Waals surface area contributed by atoms with Gasteiger partial charge in [-0.1, -0.05) is 25.1 Å². The van der Waals surface area contributed by atoms with Gasteiger partial charge in [-0.15, -0.1) is 17.0 Å². The molecule has 23 heavy (non-hydrogen) atoms. The first-order valence-corrected chi connectivity index (χ1v) is 7.68. The summed E-state index contributed by atoms with van der Waals surface area (Å²) in [5, 5.41) is 0. The molecule has 0 spiro atoms. The van der Waals surface area contributed by atoms with Crippen LogP contribution >= 0.6 is 17.0 Å². The van der Waals surface area contributed by atoms with Gasteiger partial charge < -0.3 is 4.74 Å². The molecular formula is C19H22BrN2O+. The number of ether oxygens (including phenoxy) is 1. The molecule has 0 amide bonds. The van der Waals surface area contributed by atoms with Crippen LogP contribution in [0.2, 0.25) is 0 Å².